The van der Waals surface area contributed by atoms with E-state index in [1.807, 2.05) is 56.9 Å². The van der Waals surface area contributed by atoms with Gasteiger partial charge >= 0.3 is 6.09 Å². The van der Waals surface area contributed by atoms with Gasteiger partial charge in [-0.3, -0.25) is 4.79 Å². The summed E-state index contributed by atoms with van der Waals surface area (Å²) in [6, 6.07) is 10.3. The fraction of sp³-hybridized carbons (Fsp3) is 0.625. The van der Waals surface area contributed by atoms with Gasteiger partial charge in [0, 0.05) is 18.5 Å². The van der Waals surface area contributed by atoms with Gasteiger partial charge in [0.1, 0.15) is 0 Å². The third-order valence-electron chi connectivity index (χ3n) is 6.78. The van der Waals surface area contributed by atoms with E-state index in [0.29, 0.717) is 12.5 Å². The van der Waals surface area contributed by atoms with E-state index in [2.05, 4.69) is 35.9 Å². The Hall–Kier alpha value is -2.67. The van der Waals surface area contributed by atoms with Crippen LogP contribution < -0.4 is 10.6 Å². The molecule has 2 unspecified atom stereocenters. The molecule has 39 heavy (non-hydrogen) atoms. The average Bonchev–Trinajstić information content (AvgIpc) is 3.74. The van der Waals surface area contributed by atoms with E-state index in [-0.39, 0.29) is 29.7 Å². The van der Waals surface area contributed by atoms with Gasteiger partial charge in [0.2, 0.25) is 0 Å². The summed E-state index contributed by atoms with van der Waals surface area (Å²) < 4.78 is 16.6. The first kappa shape index (κ1) is 34.4. The number of carbonyl (C=O) groups is 2. The van der Waals surface area contributed by atoms with Crippen molar-refractivity contribution >= 4 is 12.0 Å². The van der Waals surface area contributed by atoms with E-state index in [1.165, 1.54) is 6.92 Å². The molecule has 2 saturated heterocycles. The molecule has 4 atom stereocenters. The Labute approximate surface area is 236 Å². The minimum Gasteiger partial charge on any atom is -0.436 e. The molecule has 3 fully saturated rings. The lowest BCUT2D eigenvalue weighted by Crippen LogP contribution is -2.45. The van der Waals surface area contributed by atoms with Crippen molar-refractivity contribution in [2.24, 2.45) is 11.8 Å². The van der Waals surface area contributed by atoms with E-state index in [0.717, 1.165) is 63.6 Å². The van der Waals surface area contributed by atoms with E-state index in [9.17, 15) is 14.0 Å². The first-order valence-corrected chi connectivity index (χ1v) is 14.8. The van der Waals surface area contributed by atoms with E-state index in [1.54, 1.807) is 0 Å². The summed E-state index contributed by atoms with van der Waals surface area (Å²) in [5, 5.41) is 6.35. The normalized spacial score (nSPS) is 22.6. The van der Waals surface area contributed by atoms with Gasteiger partial charge in [-0.1, -0.05) is 70.7 Å². The molecule has 1 aliphatic carbocycles. The van der Waals surface area contributed by atoms with Crippen LogP contribution in [-0.4, -0.2) is 48.7 Å². The van der Waals surface area contributed by atoms with Crippen LogP contribution in [0.25, 0.3) is 0 Å². The minimum atomic E-state index is -0.683. The van der Waals surface area contributed by atoms with E-state index in [4.69, 9.17) is 4.74 Å². The van der Waals surface area contributed by atoms with E-state index < -0.39 is 12.2 Å². The topological polar surface area (TPSA) is 70.7 Å². The maximum atomic E-state index is 13.6. The Kier molecular flexibility index (Phi) is 17.1. The fourth-order valence-corrected chi connectivity index (χ4v) is 4.95. The number of halogens is 1. The van der Waals surface area contributed by atoms with Gasteiger partial charge in [0.15, 0.2) is 6.10 Å². The molecule has 7 heteroatoms. The van der Waals surface area contributed by atoms with Crippen LogP contribution >= 0.6 is 0 Å². The van der Waals surface area contributed by atoms with Crippen molar-refractivity contribution in [1.82, 2.24) is 15.5 Å². The van der Waals surface area contributed by atoms with Gasteiger partial charge in [-0.05, 0) is 76.4 Å². The van der Waals surface area contributed by atoms with Gasteiger partial charge in [-0.15, -0.1) is 6.58 Å². The predicted octanol–water partition coefficient (Wildman–Crippen LogP) is 7.34. The first-order chi connectivity index (χ1) is 18.9. The van der Waals surface area contributed by atoms with Crippen LogP contribution in [0.4, 0.5) is 9.18 Å². The predicted molar refractivity (Wildman–Crippen MR) is 159 cm³/mol. The number of benzene rings is 1. The zero-order valence-electron chi connectivity index (χ0n) is 24.9. The molecule has 2 aliphatic heterocycles. The molecular formula is C32H52FN3O3. The number of likely N-dealkylation sites (tertiary alicyclic amines) is 1. The molecule has 3 aliphatic rings. The summed E-state index contributed by atoms with van der Waals surface area (Å²) in [6.45, 7) is 18.6. The largest absolute Gasteiger partial charge is 0.436 e. The molecule has 0 spiro atoms. The molecule has 4 rings (SSSR count). The standard InChI is InChI=1S/C25H35N3O3.C3H5F.2C2H6/c1-2-7-18-16-22(19-8-4-3-5-9-19)28(17-18)24(29)23(20-11-12-20)31-25(30)27-21-10-6-14-26-15-13-21;1-3(2)4;2*1-2/h2-5,8-9,18,20-23,26H,1,6-7,10-17H2,(H,27,30);1H2,2H3;2*1-2H3/t18?,21?,22-,23-;;;/m0.../s1. The third kappa shape index (κ3) is 12.4. The number of amides is 2. The second-order valence-corrected chi connectivity index (χ2v) is 9.90. The number of rotatable bonds is 7. The van der Waals surface area contributed by atoms with Crippen molar-refractivity contribution in [3.8, 4) is 0 Å². The summed E-state index contributed by atoms with van der Waals surface area (Å²) >= 11 is 0. The lowest BCUT2D eigenvalue weighted by Gasteiger charge is -2.29. The van der Waals surface area contributed by atoms with Crippen LogP contribution in [0.3, 0.4) is 0 Å². The van der Waals surface area contributed by atoms with Crippen LogP contribution in [0.15, 0.2) is 55.4 Å². The van der Waals surface area contributed by atoms with Crippen LogP contribution in [-0.2, 0) is 9.53 Å². The lowest BCUT2D eigenvalue weighted by atomic mass is 9.97. The van der Waals surface area contributed by atoms with E-state index >= 15 is 0 Å². The van der Waals surface area contributed by atoms with Crippen molar-refractivity contribution in [3.05, 3.63) is 61.0 Å². The molecule has 2 N–H and O–H groups in total. The molecule has 1 saturated carbocycles. The van der Waals surface area contributed by atoms with Gasteiger partial charge in [-0.25, -0.2) is 9.18 Å². The number of hydrogen-bond acceptors (Lipinski definition) is 4. The molecule has 0 aromatic heterocycles. The highest BCUT2D eigenvalue weighted by atomic mass is 19.1. The molecule has 2 heterocycles. The molecular weight excluding hydrogens is 493 g/mol. The molecule has 2 amide bonds. The summed E-state index contributed by atoms with van der Waals surface area (Å²) in [5.74, 6) is 0.156. The highest BCUT2D eigenvalue weighted by Gasteiger charge is 2.45. The molecule has 0 radical (unpaired) electrons. The zero-order chi connectivity index (χ0) is 29.2. The Balaban J connectivity index is 0.000000856. The summed E-state index contributed by atoms with van der Waals surface area (Å²) in [5.41, 5.74) is 1.15. The Bertz CT molecular complexity index is 847. The monoisotopic (exact) mass is 545 g/mol. The molecule has 1 aromatic carbocycles. The van der Waals surface area contributed by atoms with Gasteiger partial charge < -0.3 is 20.3 Å². The fourth-order valence-electron chi connectivity index (χ4n) is 4.95. The number of carbonyl (C=O) groups excluding carboxylic acids is 2. The van der Waals surface area contributed by atoms with Crippen LogP contribution in [0.2, 0.25) is 0 Å². The Morgan fingerprint density at radius 1 is 1.13 bits per heavy atom. The highest BCUT2D eigenvalue weighted by molar-refractivity contribution is 5.85. The maximum absolute atomic E-state index is 13.6. The summed E-state index contributed by atoms with van der Waals surface area (Å²) in [4.78, 5) is 28.2. The average molecular weight is 546 g/mol. The Morgan fingerprint density at radius 2 is 1.77 bits per heavy atom. The van der Waals surface area contributed by atoms with Crippen molar-refractivity contribution < 1.29 is 18.7 Å². The van der Waals surface area contributed by atoms with Crippen molar-refractivity contribution in [1.29, 1.82) is 0 Å². The lowest BCUT2D eigenvalue weighted by molar-refractivity contribution is -0.142. The van der Waals surface area contributed by atoms with Crippen molar-refractivity contribution in [2.75, 3.05) is 19.6 Å². The SMILES string of the molecule is C=C(C)F.C=CCC1C[C@@H](c2ccccc2)N(C(=O)[C@@H](OC(=O)NC2CCCNCC2)C2CC2)C1.CC.CC. The number of allylic oxidation sites excluding steroid dienone is 2. The number of ether oxygens (including phenoxy) is 1. The van der Waals surface area contributed by atoms with Crippen molar-refractivity contribution in [2.45, 2.75) is 97.8 Å². The Morgan fingerprint density at radius 3 is 2.36 bits per heavy atom. The zero-order valence-corrected chi connectivity index (χ0v) is 24.9. The highest BCUT2D eigenvalue weighted by Crippen LogP contribution is 2.41. The second-order valence-electron chi connectivity index (χ2n) is 9.90. The van der Waals surface area contributed by atoms with Gasteiger partial charge in [0.25, 0.3) is 5.91 Å². The molecule has 6 nitrogen and oxygen atoms in total. The van der Waals surface area contributed by atoms with Crippen molar-refractivity contribution in [3.63, 3.8) is 0 Å². The van der Waals surface area contributed by atoms with Gasteiger partial charge in [-0.2, -0.15) is 0 Å². The number of nitrogens with one attached hydrogen (secondary N) is 2. The second kappa shape index (κ2) is 19.4. The summed E-state index contributed by atoms with van der Waals surface area (Å²) in [6.07, 6.45) is 7.36. The molecule has 1 aromatic rings. The minimum absolute atomic E-state index is 0.0273. The van der Waals surface area contributed by atoms with Gasteiger partial charge in [0.05, 0.1) is 11.9 Å². The number of alkyl carbamates (subject to hydrolysis) is 1. The van der Waals surface area contributed by atoms with Crippen LogP contribution in [0.1, 0.15) is 91.2 Å². The smallest absolute Gasteiger partial charge is 0.408 e. The molecule has 0 bridgehead atoms. The maximum Gasteiger partial charge on any atom is 0.408 e. The summed E-state index contributed by atoms with van der Waals surface area (Å²) in [7, 11) is 0. The van der Waals surface area contributed by atoms with Crippen LogP contribution in [0.5, 0.6) is 0 Å². The quantitative estimate of drug-likeness (QED) is 0.352. The third-order valence-corrected chi connectivity index (χ3v) is 6.78. The first-order valence-electron chi connectivity index (χ1n) is 14.8. The molecule has 220 valence electrons. The number of hydrogen-bond donors (Lipinski definition) is 2. The van der Waals surface area contributed by atoms with Crippen LogP contribution in [0, 0.1) is 11.8 Å². The number of nitrogens with zero attached hydrogens (tertiary/aromatic N) is 1.